The molecule has 0 atom stereocenters. The molecule has 0 spiro atoms. The van der Waals surface area contributed by atoms with E-state index < -0.39 is 0 Å². The molecule has 9 aromatic carbocycles. The molecule has 5 nitrogen and oxygen atoms in total. The maximum atomic E-state index is 6.92. The average Bonchev–Trinajstić information content (AvgIpc) is 3.97. The molecule has 13 aromatic rings. The summed E-state index contributed by atoms with van der Waals surface area (Å²) < 4.78 is 11.7. The van der Waals surface area contributed by atoms with E-state index in [4.69, 9.17) is 19.4 Å². The molecule has 0 saturated carbocycles. The monoisotopic (exact) mass is 770 g/mol. The molecule has 0 unspecified atom stereocenters. The molecule has 13 rings (SSSR count). The minimum atomic E-state index is 0.544. The predicted molar refractivity (Wildman–Crippen MR) is 246 cm³/mol. The molecule has 6 heteroatoms. The maximum Gasteiger partial charge on any atom is 0.170 e. The molecule has 0 aliphatic rings. The molecule has 4 aromatic heterocycles. The van der Waals surface area contributed by atoms with Gasteiger partial charge >= 0.3 is 0 Å². The van der Waals surface area contributed by atoms with Gasteiger partial charge in [0.1, 0.15) is 11.2 Å². The number of fused-ring (bicyclic) bond motifs is 11. The van der Waals surface area contributed by atoms with Gasteiger partial charge in [-0.25, -0.2) is 15.0 Å². The second-order valence-electron chi connectivity index (χ2n) is 15.2. The zero-order valence-corrected chi connectivity index (χ0v) is 32.2. The number of para-hydroxylation sites is 2. The van der Waals surface area contributed by atoms with Crippen LogP contribution in [0.25, 0.3) is 125 Å². The molecule has 0 saturated heterocycles. The van der Waals surface area contributed by atoms with Crippen LogP contribution in [-0.4, -0.2) is 19.5 Å². The van der Waals surface area contributed by atoms with Crippen LogP contribution in [0.4, 0.5) is 0 Å². The van der Waals surface area contributed by atoms with Crippen molar-refractivity contribution in [3.63, 3.8) is 0 Å². The number of rotatable bonds is 4. The second kappa shape index (κ2) is 12.4. The van der Waals surface area contributed by atoms with Gasteiger partial charge in [-0.15, -0.1) is 11.3 Å². The van der Waals surface area contributed by atoms with E-state index in [1.54, 1.807) is 11.3 Å². The van der Waals surface area contributed by atoms with Crippen LogP contribution < -0.4 is 0 Å². The fourth-order valence-electron chi connectivity index (χ4n) is 9.08. The van der Waals surface area contributed by atoms with Gasteiger partial charge in [0.15, 0.2) is 17.5 Å². The lowest BCUT2D eigenvalue weighted by atomic mass is 10.0. The number of benzene rings is 9. The summed E-state index contributed by atoms with van der Waals surface area (Å²) in [4.78, 5) is 16.3. The van der Waals surface area contributed by atoms with E-state index in [-0.39, 0.29) is 0 Å². The first-order valence-electron chi connectivity index (χ1n) is 19.8. The van der Waals surface area contributed by atoms with E-state index in [1.165, 1.54) is 37.0 Å². The summed E-state index contributed by atoms with van der Waals surface area (Å²) in [6.45, 7) is 0. The first-order valence-corrected chi connectivity index (χ1v) is 20.6. The Kier molecular flexibility index (Phi) is 6.82. The molecule has 274 valence electrons. The number of aromatic nitrogens is 4. The first kappa shape index (κ1) is 32.4. The highest BCUT2D eigenvalue weighted by molar-refractivity contribution is 7.26. The summed E-state index contributed by atoms with van der Waals surface area (Å²) in [6.07, 6.45) is 0. The van der Waals surface area contributed by atoms with Crippen molar-refractivity contribution in [1.82, 2.24) is 19.5 Å². The number of furan rings is 1. The van der Waals surface area contributed by atoms with Crippen LogP contribution >= 0.6 is 11.3 Å². The van der Waals surface area contributed by atoms with Crippen molar-refractivity contribution in [1.29, 1.82) is 0 Å². The van der Waals surface area contributed by atoms with Gasteiger partial charge in [0.25, 0.3) is 0 Å². The quantitative estimate of drug-likeness (QED) is 0.179. The Hall–Kier alpha value is -7.67. The van der Waals surface area contributed by atoms with Gasteiger partial charge in [-0.3, -0.25) is 0 Å². The number of thiophene rings is 1. The van der Waals surface area contributed by atoms with E-state index in [1.807, 2.05) is 12.1 Å². The minimum absolute atomic E-state index is 0.544. The predicted octanol–water partition coefficient (Wildman–Crippen LogP) is 14.5. The SMILES string of the molecule is c1ccc2cc(-c3nc(-c4c(-n5c6ccccc6c6cc7ccccc7cc65)ccc5c4oc4ccccc45)nc(-c4cccc5c4sc4ccccc45)n3)ccc2c1. The van der Waals surface area contributed by atoms with Crippen molar-refractivity contribution in [3.8, 4) is 39.9 Å². The summed E-state index contributed by atoms with van der Waals surface area (Å²) in [6, 6.07) is 64.4. The summed E-state index contributed by atoms with van der Waals surface area (Å²) >= 11 is 1.78. The maximum absolute atomic E-state index is 6.92. The number of hydrogen-bond acceptors (Lipinski definition) is 5. The molecule has 0 amide bonds. The van der Waals surface area contributed by atoms with Gasteiger partial charge < -0.3 is 8.98 Å². The third kappa shape index (κ3) is 4.87. The Labute approximate surface area is 341 Å². The summed E-state index contributed by atoms with van der Waals surface area (Å²) in [5.41, 5.74) is 7.36. The van der Waals surface area contributed by atoms with Crippen molar-refractivity contribution in [2.75, 3.05) is 0 Å². The lowest BCUT2D eigenvalue weighted by Crippen LogP contribution is -2.04. The Morgan fingerprint density at radius 3 is 1.98 bits per heavy atom. The van der Waals surface area contributed by atoms with Crippen molar-refractivity contribution in [3.05, 3.63) is 182 Å². The van der Waals surface area contributed by atoms with E-state index in [2.05, 4.69) is 174 Å². The summed E-state index contributed by atoms with van der Waals surface area (Å²) in [7, 11) is 0. The Morgan fingerprint density at radius 1 is 0.424 bits per heavy atom. The fourth-order valence-corrected chi connectivity index (χ4v) is 10.3. The Morgan fingerprint density at radius 2 is 1.10 bits per heavy atom. The third-order valence-corrected chi connectivity index (χ3v) is 13.0. The highest BCUT2D eigenvalue weighted by Gasteiger charge is 2.25. The fraction of sp³-hybridized carbons (Fsp3) is 0. The summed E-state index contributed by atoms with van der Waals surface area (Å²) in [5.74, 6) is 1.76. The van der Waals surface area contributed by atoms with Crippen LogP contribution in [-0.2, 0) is 0 Å². The van der Waals surface area contributed by atoms with Crippen LogP contribution in [0.2, 0.25) is 0 Å². The lowest BCUT2D eigenvalue weighted by Gasteiger charge is -2.15. The van der Waals surface area contributed by atoms with Crippen molar-refractivity contribution < 1.29 is 4.42 Å². The van der Waals surface area contributed by atoms with Crippen molar-refractivity contribution in [2.45, 2.75) is 0 Å². The van der Waals surface area contributed by atoms with E-state index in [0.29, 0.717) is 17.5 Å². The second-order valence-corrected chi connectivity index (χ2v) is 16.2. The largest absolute Gasteiger partial charge is 0.455 e. The standard InChI is InChI=1S/C53H30N4OS/c1-2-13-32-28-35(25-24-31(32)12-1)51-54-52(41-20-11-19-40-38-18-7-10-23-47(38)59-50(40)41)56-53(55-51)48-44(27-26-39-37-17-6-9-22-46(37)58-49(39)48)57-43-21-8-5-16-36(43)42-29-33-14-3-4-15-34(33)30-45(42)57/h1-30H. The highest BCUT2D eigenvalue weighted by Crippen LogP contribution is 2.44. The van der Waals surface area contributed by atoms with Crippen LogP contribution in [0.15, 0.2) is 186 Å². The molecule has 0 bridgehead atoms. The van der Waals surface area contributed by atoms with Crippen LogP contribution in [0.5, 0.6) is 0 Å². The van der Waals surface area contributed by atoms with Crippen molar-refractivity contribution in [2.24, 2.45) is 0 Å². The van der Waals surface area contributed by atoms with Gasteiger partial charge in [0.2, 0.25) is 0 Å². The number of nitrogens with zero attached hydrogens (tertiary/aromatic N) is 4. The van der Waals surface area contributed by atoms with Gasteiger partial charge in [0.05, 0.1) is 22.3 Å². The summed E-state index contributed by atoms with van der Waals surface area (Å²) in [5, 5.41) is 11.5. The Bertz CT molecular complexity index is 3870. The first-order chi connectivity index (χ1) is 29.2. The van der Waals surface area contributed by atoms with Gasteiger partial charge in [0, 0.05) is 52.8 Å². The molecule has 0 N–H and O–H groups in total. The van der Waals surface area contributed by atoms with Crippen LogP contribution in [0.1, 0.15) is 0 Å². The third-order valence-electron chi connectivity index (χ3n) is 11.8. The van der Waals surface area contributed by atoms with Crippen molar-refractivity contribution >= 4 is 96.8 Å². The molecule has 0 aliphatic carbocycles. The van der Waals surface area contributed by atoms with E-state index in [9.17, 15) is 0 Å². The van der Waals surface area contributed by atoms with E-state index in [0.717, 1.165) is 70.8 Å². The molecular formula is C53H30N4OS. The highest BCUT2D eigenvalue weighted by atomic mass is 32.1. The molecule has 0 radical (unpaired) electrons. The van der Waals surface area contributed by atoms with Crippen LogP contribution in [0, 0.1) is 0 Å². The van der Waals surface area contributed by atoms with Crippen LogP contribution in [0.3, 0.4) is 0 Å². The molecule has 0 aliphatic heterocycles. The molecule has 0 fully saturated rings. The zero-order chi connectivity index (χ0) is 38.6. The van der Waals surface area contributed by atoms with Gasteiger partial charge in [-0.05, 0) is 76.1 Å². The van der Waals surface area contributed by atoms with Gasteiger partial charge in [-0.2, -0.15) is 0 Å². The zero-order valence-electron chi connectivity index (χ0n) is 31.4. The van der Waals surface area contributed by atoms with E-state index >= 15 is 0 Å². The topological polar surface area (TPSA) is 56.7 Å². The smallest absolute Gasteiger partial charge is 0.170 e. The minimum Gasteiger partial charge on any atom is -0.455 e. The van der Waals surface area contributed by atoms with Gasteiger partial charge in [-0.1, -0.05) is 127 Å². The molecule has 59 heavy (non-hydrogen) atoms. The molecule has 4 heterocycles. The Balaban J connectivity index is 1.17. The number of hydrogen-bond donors (Lipinski definition) is 0. The lowest BCUT2D eigenvalue weighted by molar-refractivity contribution is 0.669. The normalized spacial score (nSPS) is 12.1. The average molecular weight is 771 g/mol. The molecular weight excluding hydrogens is 741 g/mol.